The van der Waals surface area contributed by atoms with Crippen LogP contribution in [0.15, 0.2) is 78.9 Å². The molecule has 29 heavy (non-hydrogen) atoms. The van der Waals surface area contributed by atoms with Crippen molar-refractivity contribution in [3.8, 4) is 5.75 Å². The van der Waals surface area contributed by atoms with E-state index >= 15 is 0 Å². The number of carbonyl (C=O) groups is 1. The molecule has 0 aliphatic rings. The van der Waals surface area contributed by atoms with Crippen LogP contribution in [0.2, 0.25) is 5.02 Å². The van der Waals surface area contributed by atoms with E-state index in [2.05, 4.69) is 13.8 Å². The lowest BCUT2D eigenvalue weighted by Gasteiger charge is -2.29. The molecule has 0 aromatic heterocycles. The second-order valence-corrected chi connectivity index (χ2v) is 7.50. The van der Waals surface area contributed by atoms with Gasteiger partial charge in [-0.05, 0) is 48.7 Å². The Morgan fingerprint density at radius 3 is 2.38 bits per heavy atom. The number of carbonyl (C=O) groups excluding carboxylic acids is 1. The van der Waals surface area contributed by atoms with E-state index in [1.54, 1.807) is 12.1 Å². The highest BCUT2D eigenvalue weighted by Crippen LogP contribution is 2.23. The first-order valence-corrected chi connectivity index (χ1v) is 10.3. The zero-order chi connectivity index (χ0) is 20.6. The van der Waals surface area contributed by atoms with E-state index in [0.717, 1.165) is 23.3 Å². The summed E-state index contributed by atoms with van der Waals surface area (Å²) in [6, 6.07) is 25.3. The second-order valence-electron chi connectivity index (χ2n) is 7.09. The smallest absolute Gasteiger partial charge is 0.255 e. The van der Waals surface area contributed by atoms with Crippen molar-refractivity contribution in [1.82, 2.24) is 4.90 Å². The minimum absolute atomic E-state index is 0.0550. The van der Waals surface area contributed by atoms with Gasteiger partial charge in [0.05, 0.1) is 10.6 Å². The van der Waals surface area contributed by atoms with E-state index in [1.165, 1.54) is 0 Å². The molecule has 0 saturated carbocycles. The van der Waals surface area contributed by atoms with Gasteiger partial charge in [-0.25, -0.2) is 0 Å². The van der Waals surface area contributed by atoms with Gasteiger partial charge in [-0.2, -0.15) is 0 Å². The first kappa shape index (κ1) is 20.9. The quantitative estimate of drug-likeness (QED) is 0.434. The minimum atomic E-state index is -0.0550. The number of halogens is 1. The Balaban J connectivity index is 1.76. The molecule has 3 aromatic rings. The van der Waals surface area contributed by atoms with E-state index < -0.39 is 0 Å². The maximum atomic E-state index is 13.2. The lowest BCUT2D eigenvalue weighted by atomic mass is 10.1. The molecule has 3 nitrogen and oxygen atoms in total. The van der Waals surface area contributed by atoms with Gasteiger partial charge in [-0.15, -0.1) is 0 Å². The number of ether oxygens (including phenoxy) is 1. The summed E-state index contributed by atoms with van der Waals surface area (Å²) >= 11 is 6.27. The predicted octanol–water partition coefficient (Wildman–Crippen LogP) is 6.36. The fourth-order valence-electron chi connectivity index (χ4n) is 3.11. The fraction of sp³-hybridized carbons (Fsp3) is 0.240. The first-order valence-electron chi connectivity index (χ1n) is 9.89. The summed E-state index contributed by atoms with van der Waals surface area (Å²) in [5, 5.41) is 0.478. The molecule has 0 bridgehead atoms. The van der Waals surface area contributed by atoms with Crippen molar-refractivity contribution in [3.63, 3.8) is 0 Å². The molecule has 0 spiro atoms. The molecule has 0 N–H and O–H groups in total. The van der Waals surface area contributed by atoms with Crippen molar-refractivity contribution in [2.75, 3.05) is 0 Å². The summed E-state index contributed by atoms with van der Waals surface area (Å²) in [6.07, 6.45) is 0.861. The first-order chi connectivity index (χ1) is 14.1. The predicted molar refractivity (Wildman–Crippen MR) is 118 cm³/mol. The Bertz CT molecular complexity index is 942. The molecular weight excluding hydrogens is 382 g/mol. The van der Waals surface area contributed by atoms with Crippen molar-refractivity contribution < 1.29 is 9.53 Å². The third-order valence-electron chi connectivity index (χ3n) is 4.99. The van der Waals surface area contributed by atoms with Crippen molar-refractivity contribution in [1.29, 1.82) is 0 Å². The molecule has 0 aliphatic heterocycles. The van der Waals surface area contributed by atoms with Gasteiger partial charge in [0.1, 0.15) is 12.4 Å². The SMILES string of the molecule is CCC(C)N(Cc1cccc(OCc2ccccc2)c1)C(=O)c1ccccc1Cl. The van der Waals surface area contributed by atoms with Crippen molar-refractivity contribution in [2.24, 2.45) is 0 Å². The third-order valence-corrected chi connectivity index (χ3v) is 5.32. The van der Waals surface area contributed by atoms with Crippen molar-refractivity contribution in [3.05, 3.63) is 101 Å². The molecule has 0 radical (unpaired) electrons. The van der Waals surface area contributed by atoms with Crippen LogP contribution in [0.1, 0.15) is 41.8 Å². The van der Waals surface area contributed by atoms with Crippen LogP contribution in [0.25, 0.3) is 0 Å². The molecule has 3 aromatic carbocycles. The second kappa shape index (κ2) is 10.1. The molecule has 1 unspecified atom stereocenters. The maximum Gasteiger partial charge on any atom is 0.255 e. The van der Waals surface area contributed by atoms with Crippen LogP contribution in [0.5, 0.6) is 5.75 Å². The van der Waals surface area contributed by atoms with Crippen LogP contribution in [0, 0.1) is 0 Å². The zero-order valence-corrected chi connectivity index (χ0v) is 17.6. The van der Waals surface area contributed by atoms with Gasteiger partial charge in [0.25, 0.3) is 5.91 Å². The molecule has 4 heteroatoms. The fourth-order valence-corrected chi connectivity index (χ4v) is 3.33. The van der Waals surface area contributed by atoms with Gasteiger partial charge in [-0.3, -0.25) is 4.79 Å². The van der Waals surface area contributed by atoms with Gasteiger partial charge in [0, 0.05) is 12.6 Å². The van der Waals surface area contributed by atoms with Crippen LogP contribution in [0.3, 0.4) is 0 Å². The van der Waals surface area contributed by atoms with E-state index in [-0.39, 0.29) is 11.9 Å². The monoisotopic (exact) mass is 407 g/mol. The van der Waals surface area contributed by atoms with E-state index in [9.17, 15) is 4.79 Å². The molecule has 150 valence electrons. The van der Waals surface area contributed by atoms with Crippen LogP contribution in [0.4, 0.5) is 0 Å². The molecule has 3 rings (SSSR count). The standard InChI is InChI=1S/C25H26ClNO2/c1-3-19(2)27(25(28)23-14-7-8-15-24(23)26)17-21-12-9-13-22(16-21)29-18-20-10-5-4-6-11-20/h4-16,19H,3,17-18H2,1-2H3. The topological polar surface area (TPSA) is 29.5 Å². The van der Waals surface area contributed by atoms with Gasteiger partial charge in [0.2, 0.25) is 0 Å². The molecule has 1 atom stereocenters. The highest BCUT2D eigenvalue weighted by atomic mass is 35.5. The lowest BCUT2D eigenvalue weighted by molar-refractivity contribution is 0.0671. The van der Waals surface area contributed by atoms with Gasteiger partial charge < -0.3 is 9.64 Å². The van der Waals surface area contributed by atoms with Crippen LogP contribution in [-0.2, 0) is 13.2 Å². The largest absolute Gasteiger partial charge is 0.489 e. The molecular formula is C25H26ClNO2. The zero-order valence-electron chi connectivity index (χ0n) is 16.8. The molecule has 0 aliphatic carbocycles. The van der Waals surface area contributed by atoms with E-state index in [0.29, 0.717) is 23.7 Å². The average Bonchev–Trinajstić information content (AvgIpc) is 2.76. The highest BCUT2D eigenvalue weighted by molar-refractivity contribution is 6.33. The van der Waals surface area contributed by atoms with Gasteiger partial charge in [-0.1, -0.05) is 73.1 Å². The Labute approximate surface area is 177 Å². The Morgan fingerprint density at radius 1 is 0.966 bits per heavy atom. The summed E-state index contributed by atoms with van der Waals surface area (Å²) in [5.74, 6) is 0.737. The van der Waals surface area contributed by atoms with Crippen LogP contribution >= 0.6 is 11.6 Å². The van der Waals surface area contributed by atoms with Crippen LogP contribution < -0.4 is 4.74 Å². The number of benzene rings is 3. The third kappa shape index (κ3) is 5.61. The number of amides is 1. The number of nitrogens with zero attached hydrogens (tertiary/aromatic N) is 1. The van der Waals surface area contributed by atoms with E-state index in [4.69, 9.17) is 16.3 Å². The van der Waals surface area contributed by atoms with E-state index in [1.807, 2.05) is 71.6 Å². The maximum absolute atomic E-state index is 13.2. The summed E-state index contributed by atoms with van der Waals surface area (Å²) in [5.41, 5.74) is 2.68. The molecule has 1 amide bonds. The minimum Gasteiger partial charge on any atom is -0.489 e. The lowest BCUT2D eigenvalue weighted by Crippen LogP contribution is -2.37. The number of hydrogen-bond acceptors (Lipinski definition) is 2. The number of hydrogen-bond donors (Lipinski definition) is 0. The Kier molecular flexibility index (Phi) is 7.31. The normalized spacial score (nSPS) is 11.7. The Morgan fingerprint density at radius 2 is 1.66 bits per heavy atom. The summed E-state index contributed by atoms with van der Waals surface area (Å²) in [6.45, 7) is 5.15. The summed E-state index contributed by atoms with van der Waals surface area (Å²) in [4.78, 5) is 15.0. The summed E-state index contributed by atoms with van der Waals surface area (Å²) in [7, 11) is 0. The average molecular weight is 408 g/mol. The summed E-state index contributed by atoms with van der Waals surface area (Å²) < 4.78 is 5.94. The van der Waals surface area contributed by atoms with Crippen molar-refractivity contribution >= 4 is 17.5 Å². The Hall–Kier alpha value is -2.78. The van der Waals surface area contributed by atoms with Gasteiger partial charge >= 0.3 is 0 Å². The molecule has 0 fully saturated rings. The van der Waals surface area contributed by atoms with Crippen LogP contribution in [-0.4, -0.2) is 16.8 Å². The van der Waals surface area contributed by atoms with Crippen molar-refractivity contribution in [2.45, 2.75) is 39.5 Å². The molecule has 0 heterocycles. The van der Waals surface area contributed by atoms with Gasteiger partial charge in [0.15, 0.2) is 0 Å². The highest BCUT2D eigenvalue weighted by Gasteiger charge is 2.22. The molecule has 0 saturated heterocycles. The number of rotatable bonds is 8.